The lowest BCUT2D eigenvalue weighted by Gasteiger charge is -2.20. The summed E-state index contributed by atoms with van der Waals surface area (Å²) >= 11 is 5.91. The van der Waals surface area contributed by atoms with E-state index >= 15 is 0 Å². The van der Waals surface area contributed by atoms with Crippen LogP contribution in [0.1, 0.15) is 30.5 Å². The molecule has 0 fully saturated rings. The van der Waals surface area contributed by atoms with E-state index < -0.39 is 23.2 Å². The van der Waals surface area contributed by atoms with Gasteiger partial charge < -0.3 is 14.6 Å². The van der Waals surface area contributed by atoms with Crippen LogP contribution in [-0.4, -0.2) is 38.1 Å². The summed E-state index contributed by atoms with van der Waals surface area (Å²) in [6, 6.07) is 10.9. The second kappa shape index (κ2) is 7.82. The van der Waals surface area contributed by atoms with Gasteiger partial charge in [-0.05, 0) is 42.0 Å². The molecule has 0 spiro atoms. The van der Waals surface area contributed by atoms with Crippen LogP contribution in [0, 0.1) is 0 Å². The van der Waals surface area contributed by atoms with Crippen LogP contribution < -0.4 is 20.7 Å². The van der Waals surface area contributed by atoms with Crippen molar-refractivity contribution in [2.45, 2.75) is 19.4 Å². The number of hydrogen-bond acceptors (Lipinski definition) is 7. The molecule has 3 aromatic rings. The van der Waals surface area contributed by atoms with Crippen LogP contribution in [0.5, 0.6) is 17.4 Å². The van der Waals surface area contributed by atoms with E-state index in [9.17, 15) is 19.5 Å². The van der Waals surface area contributed by atoms with Crippen LogP contribution in [0.25, 0.3) is 5.69 Å². The van der Waals surface area contributed by atoms with E-state index in [1.807, 2.05) is 0 Å². The summed E-state index contributed by atoms with van der Waals surface area (Å²) in [6.07, 6.45) is 0.134. The van der Waals surface area contributed by atoms with Crippen LogP contribution in [0.15, 0.2) is 57.2 Å². The summed E-state index contributed by atoms with van der Waals surface area (Å²) in [7, 11) is 0. The van der Waals surface area contributed by atoms with Gasteiger partial charge in [-0.25, -0.2) is 14.4 Å². The van der Waals surface area contributed by atoms with Crippen molar-refractivity contribution in [1.29, 1.82) is 0 Å². The fourth-order valence-electron chi connectivity index (χ4n) is 3.95. The molecule has 1 aromatic heterocycles. The lowest BCUT2D eigenvalue weighted by Crippen LogP contribution is -2.33. The average Bonchev–Trinajstić information content (AvgIpc) is 3.41. The molecule has 0 saturated carbocycles. The molecule has 2 aliphatic heterocycles. The van der Waals surface area contributed by atoms with Gasteiger partial charge >= 0.3 is 5.69 Å². The highest BCUT2D eigenvalue weighted by molar-refractivity contribution is 6.30. The molecule has 2 aromatic carbocycles. The number of H-pyrrole nitrogens is 1. The van der Waals surface area contributed by atoms with E-state index in [2.05, 4.69) is 10.1 Å². The number of amides is 1. The van der Waals surface area contributed by atoms with Crippen molar-refractivity contribution < 1.29 is 19.4 Å². The number of benzene rings is 2. The number of nitrogens with zero attached hydrogens (tertiary/aromatic N) is 3. The Morgan fingerprint density at radius 3 is 2.61 bits per heavy atom. The molecule has 1 atom stereocenters. The molecular weight excluding hydrogens is 452 g/mol. The maximum absolute atomic E-state index is 12.7. The summed E-state index contributed by atoms with van der Waals surface area (Å²) < 4.78 is 11.7. The zero-order valence-electron chi connectivity index (χ0n) is 17.2. The Morgan fingerprint density at radius 2 is 1.88 bits per heavy atom. The second-order valence-electron chi connectivity index (χ2n) is 7.51. The first-order chi connectivity index (χ1) is 15.8. The smallest absolute Gasteiger partial charge is 0.335 e. The van der Waals surface area contributed by atoms with Crippen molar-refractivity contribution in [2.24, 2.45) is 5.10 Å². The number of hydrogen-bond donors (Lipinski definition) is 2. The Bertz CT molecular complexity index is 1430. The van der Waals surface area contributed by atoms with Gasteiger partial charge in [-0.3, -0.25) is 14.6 Å². The van der Waals surface area contributed by atoms with Gasteiger partial charge in [0.2, 0.25) is 18.6 Å². The Hall–Kier alpha value is -4.05. The third-order valence-corrected chi connectivity index (χ3v) is 5.73. The SMILES string of the molecule is CC(=O)N1N=C(c2c(O)n(-c3ccc(Cl)cc3)c(=O)[nH]c2=O)CC1c1ccc2c(c1)OCO2. The quantitative estimate of drug-likeness (QED) is 0.607. The van der Waals surface area contributed by atoms with Gasteiger partial charge in [0, 0.05) is 18.4 Å². The van der Waals surface area contributed by atoms with E-state index in [1.165, 1.54) is 24.1 Å². The van der Waals surface area contributed by atoms with Gasteiger partial charge in [-0.15, -0.1) is 0 Å². The fraction of sp³-hybridized carbons (Fsp3) is 0.182. The van der Waals surface area contributed by atoms with Gasteiger partial charge in [0.1, 0.15) is 5.56 Å². The number of carbonyl (C=O) groups excluding carboxylic acids is 1. The van der Waals surface area contributed by atoms with E-state index in [0.717, 1.165) is 10.1 Å². The Kier molecular flexibility index (Phi) is 4.94. The lowest BCUT2D eigenvalue weighted by atomic mass is 9.98. The Labute approximate surface area is 191 Å². The highest BCUT2D eigenvalue weighted by Gasteiger charge is 2.35. The summed E-state index contributed by atoms with van der Waals surface area (Å²) in [5.41, 5.74) is -0.647. The van der Waals surface area contributed by atoms with Gasteiger partial charge in [0.15, 0.2) is 11.5 Å². The molecule has 33 heavy (non-hydrogen) atoms. The molecular formula is C22H17ClN4O6. The molecule has 1 amide bonds. The molecule has 2 N–H and O–H groups in total. The van der Waals surface area contributed by atoms with Gasteiger partial charge in [0.25, 0.3) is 5.56 Å². The monoisotopic (exact) mass is 468 g/mol. The standard InChI is InChI=1S/C22H17ClN4O6/c1-11(28)27-16(12-2-7-17-18(8-12)33-10-32-17)9-15(25-27)19-20(29)24-22(31)26(21(19)30)14-5-3-13(23)4-6-14/h2-8,16,30H,9-10H2,1H3,(H,24,29,31). The summed E-state index contributed by atoms with van der Waals surface area (Å²) in [5.74, 6) is 0.201. The van der Waals surface area contributed by atoms with Crippen LogP contribution in [0.2, 0.25) is 5.02 Å². The lowest BCUT2D eigenvalue weighted by molar-refractivity contribution is -0.130. The van der Waals surface area contributed by atoms with Crippen molar-refractivity contribution in [3.05, 3.63) is 79.5 Å². The number of carbonyl (C=O) groups is 1. The molecule has 0 bridgehead atoms. The predicted octanol–water partition coefficient (Wildman–Crippen LogP) is 2.31. The van der Waals surface area contributed by atoms with Crippen LogP contribution in [0.4, 0.5) is 0 Å². The van der Waals surface area contributed by atoms with E-state index in [-0.39, 0.29) is 30.4 Å². The first-order valence-corrected chi connectivity index (χ1v) is 10.3. The first kappa shape index (κ1) is 20.8. The minimum atomic E-state index is -0.821. The summed E-state index contributed by atoms with van der Waals surface area (Å²) in [5, 5.41) is 16.9. The minimum absolute atomic E-state index is 0.108. The number of aromatic amines is 1. The van der Waals surface area contributed by atoms with Gasteiger partial charge in [-0.1, -0.05) is 17.7 Å². The molecule has 1 unspecified atom stereocenters. The molecule has 10 nitrogen and oxygen atoms in total. The fourth-order valence-corrected chi connectivity index (χ4v) is 4.07. The highest BCUT2D eigenvalue weighted by atomic mass is 35.5. The molecule has 168 valence electrons. The molecule has 0 aliphatic carbocycles. The number of aromatic hydroxyl groups is 1. The number of nitrogens with one attached hydrogen (secondary N) is 1. The maximum Gasteiger partial charge on any atom is 0.335 e. The molecule has 5 rings (SSSR count). The molecule has 0 saturated heterocycles. The van der Waals surface area contributed by atoms with Crippen molar-refractivity contribution in [3.8, 4) is 23.1 Å². The van der Waals surface area contributed by atoms with Crippen molar-refractivity contribution in [3.63, 3.8) is 0 Å². The van der Waals surface area contributed by atoms with E-state index in [1.54, 1.807) is 30.3 Å². The van der Waals surface area contributed by atoms with Crippen molar-refractivity contribution >= 4 is 23.2 Å². The molecule has 3 heterocycles. The zero-order chi connectivity index (χ0) is 23.3. The van der Waals surface area contributed by atoms with Gasteiger partial charge in [-0.2, -0.15) is 5.10 Å². The summed E-state index contributed by atoms with van der Waals surface area (Å²) in [6.45, 7) is 1.46. The minimum Gasteiger partial charge on any atom is -0.493 e. The van der Waals surface area contributed by atoms with E-state index in [0.29, 0.717) is 22.2 Å². The van der Waals surface area contributed by atoms with Crippen LogP contribution in [0.3, 0.4) is 0 Å². The van der Waals surface area contributed by atoms with Crippen molar-refractivity contribution in [2.75, 3.05) is 6.79 Å². The first-order valence-electron chi connectivity index (χ1n) is 9.95. The normalized spacial score (nSPS) is 16.7. The number of aromatic nitrogens is 2. The number of halogens is 1. The number of fused-ring (bicyclic) bond motifs is 1. The predicted molar refractivity (Wildman–Crippen MR) is 118 cm³/mol. The van der Waals surface area contributed by atoms with Crippen molar-refractivity contribution in [1.82, 2.24) is 14.6 Å². The van der Waals surface area contributed by atoms with Crippen LogP contribution >= 0.6 is 11.6 Å². The second-order valence-corrected chi connectivity index (χ2v) is 7.95. The largest absolute Gasteiger partial charge is 0.493 e. The molecule has 2 aliphatic rings. The number of rotatable bonds is 3. The van der Waals surface area contributed by atoms with E-state index in [4.69, 9.17) is 21.1 Å². The molecule has 0 radical (unpaired) electrons. The average molecular weight is 469 g/mol. The summed E-state index contributed by atoms with van der Waals surface area (Å²) in [4.78, 5) is 39.7. The topological polar surface area (TPSA) is 126 Å². The van der Waals surface area contributed by atoms with Gasteiger partial charge in [0.05, 0.1) is 17.4 Å². The van der Waals surface area contributed by atoms with Crippen LogP contribution in [-0.2, 0) is 4.79 Å². The third-order valence-electron chi connectivity index (χ3n) is 5.47. The zero-order valence-corrected chi connectivity index (χ0v) is 18.0. The Balaban J connectivity index is 1.59. The highest BCUT2D eigenvalue weighted by Crippen LogP contribution is 2.39. The maximum atomic E-state index is 12.7. The number of hydrazone groups is 1. The molecule has 11 heteroatoms. The Morgan fingerprint density at radius 1 is 1.15 bits per heavy atom. The third kappa shape index (κ3) is 3.54. The number of ether oxygens (including phenoxy) is 2.